The zero-order valence-electron chi connectivity index (χ0n) is 31.5. The molecule has 0 spiro atoms. The molecule has 58 heavy (non-hydrogen) atoms. The van der Waals surface area contributed by atoms with Gasteiger partial charge in [0.2, 0.25) is 0 Å². The van der Waals surface area contributed by atoms with Crippen molar-refractivity contribution >= 4 is 67.8 Å². The van der Waals surface area contributed by atoms with Gasteiger partial charge in [-0.25, -0.2) is 4.98 Å². The standard InChI is InChI=1S/C52H36N4OSi/c1-4-18-38(19-5-1)55-47-29-11-10-27-44(47)45-31-32-48-51(50(45)55)56(39-20-15-22-41(36-39)57-40-21-14-17-37(35-40)46-28-12-13-33-53-46)52-49(30-16-34-54-52)58(48,42-23-6-2-7-24-42)43-25-8-3-9-26-43/h1-36H. The van der Waals surface area contributed by atoms with Gasteiger partial charge >= 0.3 is 0 Å². The van der Waals surface area contributed by atoms with Crippen molar-refractivity contribution in [3.8, 4) is 28.4 Å². The van der Waals surface area contributed by atoms with Crippen molar-refractivity contribution in [3.63, 3.8) is 0 Å². The van der Waals surface area contributed by atoms with Gasteiger partial charge in [-0.2, -0.15) is 0 Å². The quantitative estimate of drug-likeness (QED) is 0.152. The summed E-state index contributed by atoms with van der Waals surface area (Å²) in [6.07, 6.45) is 3.75. The molecule has 6 heteroatoms. The predicted molar refractivity (Wildman–Crippen MR) is 240 cm³/mol. The van der Waals surface area contributed by atoms with Gasteiger partial charge in [0.25, 0.3) is 0 Å². The molecule has 0 bridgehead atoms. The summed E-state index contributed by atoms with van der Waals surface area (Å²) in [5.74, 6) is 2.38. The highest BCUT2D eigenvalue weighted by atomic mass is 28.3. The molecular weight excluding hydrogens is 725 g/mol. The Morgan fingerprint density at radius 3 is 1.86 bits per heavy atom. The minimum absolute atomic E-state index is 0.727. The molecule has 0 N–H and O–H groups in total. The fraction of sp³-hybridized carbons (Fsp3) is 0. The molecule has 0 aliphatic carbocycles. The van der Waals surface area contributed by atoms with E-state index in [9.17, 15) is 0 Å². The summed E-state index contributed by atoms with van der Waals surface area (Å²) < 4.78 is 9.13. The Hall–Kier alpha value is -7.54. The second kappa shape index (κ2) is 13.9. The van der Waals surface area contributed by atoms with Crippen molar-refractivity contribution < 1.29 is 4.74 Å². The van der Waals surface area contributed by atoms with E-state index in [0.29, 0.717) is 0 Å². The van der Waals surface area contributed by atoms with Crippen LogP contribution in [0.2, 0.25) is 0 Å². The highest BCUT2D eigenvalue weighted by Gasteiger charge is 2.50. The van der Waals surface area contributed by atoms with Crippen LogP contribution in [-0.2, 0) is 0 Å². The van der Waals surface area contributed by atoms with Crippen molar-refractivity contribution in [2.24, 2.45) is 0 Å². The molecular formula is C52H36N4OSi. The monoisotopic (exact) mass is 760 g/mol. The number of aromatic nitrogens is 3. The Bertz CT molecular complexity index is 3060. The summed E-state index contributed by atoms with van der Waals surface area (Å²) in [6, 6.07) is 73.4. The third-order valence-electron chi connectivity index (χ3n) is 11.4. The topological polar surface area (TPSA) is 43.2 Å². The zero-order valence-corrected chi connectivity index (χ0v) is 32.5. The number of anilines is 3. The molecule has 0 saturated heterocycles. The summed E-state index contributed by atoms with van der Waals surface area (Å²) in [5, 5.41) is 7.53. The fourth-order valence-corrected chi connectivity index (χ4v) is 14.1. The van der Waals surface area contributed by atoms with Gasteiger partial charge in [-0.05, 0) is 81.4 Å². The van der Waals surface area contributed by atoms with Gasteiger partial charge in [0.15, 0.2) is 8.07 Å². The van der Waals surface area contributed by atoms with Crippen LogP contribution in [0.25, 0.3) is 38.8 Å². The minimum atomic E-state index is -3.01. The lowest BCUT2D eigenvalue weighted by Crippen LogP contribution is -2.77. The summed E-state index contributed by atoms with van der Waals surface area (Å²) >= 11 is 0. The number of pyridine rings is 2. The average molecular weight is 761 g/mol. The predicted octanol–water partition coefficient (Wildman–Crippen LogP) is 10.2. The van der Waals surface area contributed by atoms with Gasteiger partial charge in [0, 0.05) is 40.5 Å². The molecule has 3 aromatic heterocycles. The van der Waals surface area contributed by atoms with Crippen LogP contribution >= 0.6 is 0 Å². The lowest BCUT2D eigenvalue weighted by atomic mass is 10.1. The second-order valence-electron chi connectivity index (χ2n) is 14.6. The van der Waals surface area contributed by atoms with Crippen LogP contribution in [-0.4, -0.2) is 22.6 Å². The van der Waals surface area contributed by atoms with Crippen LogP contribution in [0.4, 0.5) is 17.2 Å². The summed E-state index contributed by atoms with van der Waals surface area (Å²) in [7, 11) is -3.01. The highest BCUT2D eigenvalue weighted by molar-refractivity contribution is 7.21. The Morgan fingerprint density at radius 1 is 0.448 bits per heavy atom. The Balaban J connectivity index is 1.22. The van der Waals surface area contributed by atoms with E-state index in [1.807, 2.05) is 54.9 Å². The number of nitrogens with zero attached hydrogens (tertiary/aromatic N) is 4. The van der Waals surface area contributed by atoms with Gasteiger partial charge in [-0.3, -0.25) is 9.88 Å². The largest absolute Gasteiger partial charge is 0.457 e. The number of fused-ring (bicyclic) bond motifs is 6. The third kappa shape index (κ3) is 5.30. The van der Waals surface area contributed by atoms with E-state index in [-0.39, 0.29) is 0 Å². The molecule has 0 fully saturated rings. The smallest absolute Gasteiger partial charge is 0.186 e. The number of hydrogen-bond acceptors (Lipinski definition) is 4. The molecule has 7 aromatic carbocycles. The van der Waals surface area contributed by atoms with Gasteiger partial charge in [-0.1, -0.05) is 140 Å². The second-order valence-corrected chi connectivity index (χ2v) is 18.3. The summed E-state index contributed by atoms with van der Waals surface area (Å²) in [6.45, 7) is 0. The molecule has 5 nitrogen and oxygen atoms in total. The van der Waals surface area contributed by atoms with Crippen molar-refractivity contribution in [2.45, 2.75) is 0 Å². The van der Waals surface area contributed by atoms with Crippen molar-refractivity contribution in [1.29, 1.82) is 0 Å². The maximum atomic E-state index is 6.68. The van der Waals surface area contributed by atoms with Crippen LogP contribution in [0.15, 0.2) is 219 Å². The van der Waals surface area contributed by atoms with Gasteiger partial charge in [0.05, 0.1) is 28.1 Å². The van der Waals surface area contributed by atoms with E-state index < -0.39 is 8.07 Å². The van der Waals surface area contributed by atoms with Crippen LogP contribution in [0.3, 0.4) is 0 Å². The molecule has 1 aliphatic heterocycles. The number of para-hydroxylation sites is 2. The molecule has 0 atom stereocenters. The minimum Gasteiger partial charge on any atom is -0.457 e. The fourth-order valence-electron chi connectivity index (χ4n) is 9.02. The van der Waals surface area contributed by atoms with E-state index in [2.05, 4.69) is 178 Å². The lowest BCUT2D eigenvalue weighted by molar-refractivity contribution is 0.483. The van der Waals surface area contributed by atoms with Gasteiger partial charge < -0.3 is 9.30 Å². The number of benzene rings is 7. The number of ether oxygens (including phenoxy) is 1. The molecule has 4 heterocycles. The van der Waals surface area contributed by atoms with E-state index in [4.69, 9.17) is 9.72 Å². The maximum Gasteiger partial charge on any atom is 0.186 e. The highest BCUT2D eigenvalue weighted by Crippen LogP contribution is 2.45. The maximum absolute atomic E-state index is 6.68. The van der Waals surface area contributed by atoms with Crippen LogP contribution in [0.1, 0.15) is 0 Å². The van der Waals surface area contributed by atoms with Crippen LogP contribution in [0.5, 0.6) is 11.5 Å². The molecule has 0 amide bonds. The normalized spacial score (nSPS) is 12.9. The Labute approximate surface area is 337 Å². The van der Waals surface area contributed by atoms with Gasteiger partial charge in [0.1, 0.15) is 17.3 Å². The van der Waals surface area contributed by atoms with E-state index in [1.54, 1.807) is 0 Å². The summed E-state index contributed by atoms with van der Waals surface area (Å²) in [5.41, 5.74) is 7.37. The number of rotatable bonds is 7. The first-order valence-corrected chi connectivity index (χ1v) is 21.6. The molecule has 0 radical (unpaired) electrons. The van der Waals surface area contributed by atoms with Crippen LogP contribution < -0.4 is 30.4 Å². The zero-order chi connectivity index (χ0) is 38.5. The molecule has 10 aromatic rings. The molecule has 0 saturated carbocycles. The number of hydrogen-bond donors (Lipinski definition) is 0. The Kier molecular flexibility index (Phi) is 8.08. The van der Waals surface area contributed by atoms with E-state index >= 15 is 0 Å². The van der Waals surface area contributed by atoms with Crippen molar-refractivity contribution in [1.82, 2.24) is 14.5 Å². The summed E-state index contributed by atoms with van der Waals surface area (Å²) in [4.78, 5) is 12.3. The third-order valence-corrected chi connectivity index (χ3v) is 16.2. The molecule has 1 aliphatic rings. The first-order chi connectivity index (χ1) is 28.8. The Morgan fingerprint density at radius 2 is 1.10 bits per heavy atom. The van der Waals surface area contributed by atoms with Gasteiger partial charge in [-0.15, -0.1) is 0 Å². The first kappa shape index (κ1) is 33.8. The van der Waals surface area contributed by atoms with E-state index in [1.165, 1.54) is 31.5 Å². The first-order valence-electron chi connectivity index (χ1n) is 19.6. The van der Waals surface area contributed by atoms with Crippen molar-refractivity contribution in [3.05, 3.63) is 219 Å². The molecule has 0 unspecified atom stereocenters. The average Bonchev–Trinajstić information content (AvgIpc) is 3.64. The lowest BCUT2D eigenvalue weighted by Gasteiger charge is -2.44. The van der Waals surface area contributed by atoms with Crippen molar-refractivity contribution in [2.75, 3.05) is 4.90 Å². The molecule has 274 valence electrons. The molecule has 11 rings (SSSR count). The van der Waals surface area contributed by atoms with Crippen LogP contribution in [0, 0.1) is 0 Å². The van der Waals surface area contributed by atoms with E-state index in [0.717, 1.165) is 56.7 Å². The SMILES string of the molecule is c1ccc(-n2c3ccccc3c3ccc4c(c32)N(c2cccc(Oc3cccc(-c5ccccn5)c3)c2)c2ncccc2[Si]4(c2ccccc2)c2ccccc2)cc1.